The van der Waals surface area contributed by atoms with Gasteiger partial charge in [0.1, 0.15) is 12.4 Å². The average molecular weight is 442 g/mol. The van der Waals surface area contributed by atoms with E-state index in [1.165, 1.54) is 0 Å². The summed E-state index contributed by atoms with van der Waals surface area (Å²) in [6.45, 7) is 7.19. The number of aliphatic carboxylic acids is 1. The van der Waals surface area contributed by atoms with Crippen molar-refractivity contribution in [3.63, 3.8) is 0 Å². The van der Waals surface area contributed by atoms with Gasteiger partial charge in [-0.1, -0.05) is 67.9 Å². The molecule has 0 saturated heterocycles. The molecule has 0 amide bonds. The normalized spacial score (nSPS) is 12.4. The highest BCUT2D eigenvalue weighted by Crippen LogP contribution is 2.37. The topological polar surface area (TPSA) is 49.8 Å². The summed E-state index contributed by atoms with van der Waals surface area (Å²) in [6, 6.07) is 13.3. The van der Waals surface area contributed by atoms with Gasteiger partial charge in [-0.15, -0.1) is 0 Å². The van der Waals surface area contributed by atoms with Gasteiger partial charge < -0.3 is 9.84 Å². The number of ether oxygens (including phenoxy) is 1. The van der Waals surface area contributed by atoms with Gasteiger partial charge in [-0.05, 0) is 42.8 Å². The minimum absolute atomic E-state index is 0.00236. The molecule has 0 aliphatic rings. The lowest BCUT2D eigenvalue weighted by atomic mass is 10.0. The van der Waals surface area contributed by atoms with Crippen LogP contribution >= 0.6 is 35.0 Å². The van der Waals surface area contributed by atoms with Crippen molar-refractivity contribution >= 4 is 40.9 Å². The Kier molecular flexibility index (Phi) is 8.96. The number of rotatable bonds is 10. The van der Waals surface area contributed by atoms with Crippen LogP contribution in [0.15, 0.2) is 52.3 Å². The van der Waals surface area contributed by atoms with Crippen LogP contribution in [0, 0.1) is 5.92 Å². The number of carboxylic acid groups (broad SMARTS) is 1. The first-order valence-corrected chi connectivity index (χ1v) is 10.7. The first-order valence-electron chi connectivity index (χ1n) is 9.12. The van der Waals surface area contributed by atoms with E-state index in [0.717, 1.165) is 15.5 Å². The summed E-state index contributed by atoms with van der Waals surface area (Å²) in [5.41, 5.74) is 0. The van der Waals surface area contributed by atoms with Crippen molar-refractivity contribution in [1.29, 1.82) is 0 Å². The lowest BCUT2D eigenvalue weighted by Gasteiger charge is -2.32. The Morgan fingerprint density at radius 1 is 1.18 bits per heavy atom. The minimum Gasteiger partial charge on any atom is -0.491 e. The van der Waals surface area contributed by atoms with E-state index in [-0.39, 0.29) is 18.5 Å². The summed E-state index contributed by atoms with van der Waals surface area (Å²) in [5, 5.41) is 10.2. The third-order valence-corrected chi connectivity index (χ3v) is 6.15. The summed E-state index contributed by atoms with van der Waals surface area (Å²) in [6.07, 6.45) is 0. The molecular weight excluding hydrogens is 417 g/mol. The molecule has 0 spiro atoms. The third kappa shape index (κ3) is 6.59. The van der Waals surface area contributed by atoms with Gasteiger partial charge in [-0.2, -0.15) is 0 Å². The van der Waals surface area contributed by atoms with E-state index in [9.17, 15) is 9.90 Å². The van der Waals surface area contributed by atoms with Gasteiger partial charge in [0.05, 0.1) is 21.5 Å². The van der Waals surface area contributed by atoms with Gasteiger partial charge >= 0.3 is 5.97 Å². The predicted molar refractivity (Wildman–Crippen MR) is 116 cm³/mol. The molecule has 7 heteroatoms. The zero-order valence-electron chi connectivity index (χ0n) is 16.2. The monoisotopic (exact) mass is 441 g/mol. The maximum Gasteiger partial charge on any atom is 0.317 e. The van der Waals surface area contributed by atoms with Crippen LogP contribution in [-0.2, 0) is 4.79 Å². The number of hydrogen-bond acceptors (Lipinski definition) is 4. The molecule has 0 heterocycles. The molecule has 0 bridgehead atoms. The quantitative estimate of drug-likeness (QED) is 0.493. The highest BCUT2D eigenvalue weighted by molar-refractivity contribution is 7.99. The van der Waals surface area contributed by atoms with Crippen LogP contribution in [0.2, 0.25) is 10.0 Å². The fraction of sp³-hybridized carbons (Fsp3) is 0.381. The molecular formula is C21H25Cl2NO3S. The Bertz CT molecular complexity index is 801. The summed E-state index contributed by atoms with van der Waals surface area (Å²) in [5.74, 6) is 0.188. The van der Waals surface area contributed by atoms with Crippen LogP contribution in [0.25, 0.3) is 0 Å². The number of halogens is 2. The smallest absolute Gasteiger partial charge is 0.317 e. The van der Waals surface area contributed by atoms with Gasteiger partial charge in [-0.25, -0.2) is 0 Å². The first kappa shape index (κ1) is 22.9. The van der Waals surface area contributed by atoms with Crippen molar-refractivity contribution in [3.05, 3.63) is 52.5 Å². The Balaban J connectivity index is 2.14. The number of likely N-dealkylation sites (N-methyl/N-ethyl adjacent to an activating group) is 1. The molecule has 28 heavy (non-hydrogen) atoms. The van der Waals surface area contributed by atoms with Gasteiger partial charge in [0.15, 0.2) is 0 Å². The number of carbonyl (C=O) groups is 1. The molecule has 0 aromatic heterocycles. The van der Waals surface area contributed by atoms with Crippen molar-refractivity contribution in [2.45, 2.75) is 36.6 Å². The van der Waals surface area contributed by atoms with Crippen molar-refractivity contribution in [2.75, 3.05) is 19.7 Å². The Hall–Kier alpha value is -1.40. The standard InChI is InChI=1S/C21H25Cl2NO3S/c1-4-24(12-21(25)26)18(14(2)3)13-27-19-7-5-6-8-20(19)28-15-9-10-16(22)17(23)11-15/h5-11,14,18H,4,12-13H2,1-3H3,(H,25,26). The van der Waals surface area contributed by atoms with Gasteiger partial charge in [0.2, 0.25) is 0 Å². The number of hydrogen-bond donors (Lipinski definition) is 1. The molecule has 0 aliphatic heterocycles. The molecule has 0 fully saturated rings. The predicted octanol–water partition coefficient (Wildman–Crippen LogP) is 5.95. The van der Waals surface area contributed by atoms with E-state index in [2.05, 4.69) is 13.8 Å². The van der Waals surface area contributed by atoms with Gasteiger partial charge in [0.25, 0.3) is 0 Å². The molecule has 2 rings (SSSR count). The fourth-order valence-corrected chi connectivity index (χ4v) is 4.16. The number of benzene rings is 2. The first-order chi connectivity index (χ1) is 13.3. The largest absolute Gasteiger partial charge is 0.491 e. The van der Waals surface area contributed by atoms with Crippen LogP contribution in [0.3, 0.4) is 0 Å². The molecule has 0 radical (unpaired) electrons. The zero-order valence-corrected chi connectivity index (χ0v) is 18.5. The second-order valence-electron chi connectivity index (χ2n) is 6.70. The summed E-state index contributed by atoms with van der Waals surface area (Å²) < 4.78 is 6.14. The van der Waals surface area contributed by atoms with Crippen molar-refractivity contribution in [1.82, 2.24) is 4.90 Å². The van der Waals surface area contributed by atoms with E-state index < -0.39 is 5.97 Å². The summed E-state index contributed by atoms with van der Waals surface area (Å²) >= 11 is 13.7. The number of para-hydroxylation sites is 1. The summed E-state index contributed by atoms with van der Waals surface area (Å²) in [7, 11) is 0. The van der Waals surface area contributed by atoms with Crippen LogP contribution in [-0.4, -0.2) is 41.7 Å². The zero-order chi connectivity index (χ0) is 20.7. The molecule has 0 aliphatic carbocycles. The highest BCUT2D eigenvalue weighted by atomic mass is 35.5. The van der Waals surface area contributed by atoms with Crippen LogP contribution in [0.5, 0.6) is 5.75 Å². The van der Waals surface area contributed by atoms with Gasteiger partial charge in [-0.3, -0.25) is 9.69 Å². The second kappa shape index (κ2) is 11.0. The van der Waals surface area contributed by atoms with E-state index in [1.54, 1.807) is 17.8 Å². The van der Waals surface area contributed by atoms with E-state index in [4.69, 9.17) is 27.9 Å². The molecule has 2 aromatic carbocycles. The third-order valence-electron chi connectivity index (χ3n) is 4.36. The van der Waals surface area contributed by atoms with E-state index in [1.807, 2.05) is 48.2 Å². The molecule has 1 atom stereocenters. The summed E-state index contributed by atoms with van der Waals surface area (Å²) in [4.78, 5) is 15.0. The average Bonchev–Trinajstić information content (AvgIpc) is 2.64. The van der Waals surface area contributed by atoms with E-state index >= 15 is 0 Å². The molecule has 2 aromatic rings. The lowest BCUT2D eigenvalue weighted by Crippen LogP contribution is -2.45. The van der Waals surface area contributed by atoms with Crippen LogP contribution < -0.4 is 4.74 Å². The molecule has 4 nitrogen and oxygen atoms in total. The van der Waals surface area contributed by atoms with Crippen LogP contribution in [0.1, 0.15) is 20.8 Å². The van der Waals surface area contributed by atoms with E-state index in [0.29, 0.717) is 23.2 Å². The van der Waals surface area contributed by atoms with Crippen molar-refractivity contribution < 1.29 is 14.6 Å². The fourth-order valence-electron chi connectivity index (χ4n) is 2.85. The maximum atomic E-state index is 11.2. The molecule has 152 valence electrons. The SMILES string of the molecule is CCN(CC(=O)O)C(COc1ccccc1Sc1ccc(Cl)c(Cl)c1)C(C)C. The number of carboxylic acids is 1. The second-order valence-corrected chi connectivity index (χ2v) is 8.63. The lowest BCUT2D eigenvalue weighted by molar-refractivity contribution is -0.139. The Morgan fingerprint density at radius 3 is 2.50 bits per heavy atom. The minimum atomic E-state index is -0.830. The Labute approximate surface area is 180 Å². The molecule has 1 N–H and O–H groups in total. The maximum absolute atomic E-state index is 11.2. The Morgan fingerprint density at radius 2 is 1.89 bits per heavy atom. The molecule has 0 saturated carbocycles. The highest BCUT2D eigenvalue weighted by Gasteiger charge is 2.23. The van der Waals surface area contributed by atoms with Crippen molar-refractivity contribution in [3.8, 4) is 5.75 Å². The van der Waals surface area contributed by atoms with Gasteiger partial charge in [0, 0.05) is 10.9 Å². The molecule has 1 unspecified atom stereocenters. The van der Waals surface area contributed by atoms with Crippen LogP contribution in [0.4, 0.5) is 0 Å². The number of nitrogens with zero attached hydrogens (tertiary/aromatic N) is 1. The van der Waals surface area contributed by atoms with Crippen molar-refractivity contribution in [2.24, 2.45) is 5.92 Å².